The minimum Gasteiger partial charge on any atom is -0.497 e. The zero-order valence-corrected chi connectivity index (χ0v) is 14.8. The number of hydrogen-bond acceptors (Lipinski definition) is 5. The van der Waals surface area contributed by atoms with Gasteiger partial charge in [-0.1, -0.05) is 12.1 Å². The number of rotatable bonds is 10. The van der Waals surface area contributed by atoms with E-state index in [1.54, 1.807) is 31.2 Å². The molecule has 0 aliphatic heterocycles. The van der Waals surface area contributed by atoms with Crippen LogP contribution in [-0.4, -0.2) is 56.6 Å². The predicted molar refractivity (Wildman–Crippen MR) is 86.4 cm³/mol. The molecule has 0 bridgehead atoms. The van der Waals surface area contributed by atoms with Crippen LogP contribution in [0.5, 0.6) is 5.75 Å². The van der Waals surface area contributed by atoms with E-state index in [4.69, 9.17) is 9.47 Å². The minimum atomic E-state index is -3.13. The number of nitrogens with zero attached hydrogens (tertiary/aromatic N) is 1. The van der Waals surface area contributed by atoms with E-state index in [2.05, 4.69) is 4.74 Å². The second kappa shape index (κ2) is 9.62. The van der Waals surface area contributed by atoms with Crippen LogP contribution in [0.3, 0.4) is 0 Å². The highest BCUT2D eigenvalue weighted by Crippen LogP contribution is 2.29. The lowest BCUT2D eigenvalue weighted by atomic mass is 10.0. The highest BCUT2D eigenvalue weighted by molar-refractivity contribution is 5.70. The van der Waals surface area contributed by atoms with Crippen LogP contribution >= 0.6 is 0 Å². The van der Waals surface area contributed by atoms with Gasteiger partial charge in [-0.2, -0.15) is 0 Å². The van der Waals surface area contributed by atoms with Gasteiger partial charge >= 0.3 is 5.97 Å². The Bertz CT molecular complexity index is 541. The van der Waals surface area contributed by atoms with Crippen molar-refractivity contribution in [3.63, 3.8) is 0 Å². The maximum Gasteiger partial charge on any atom is 0.332 e. The molecule has 0 radical (unpaired) electrons. The van der Waals surface area contributed by atoms with Crippen LogP contribution < -0.4 is 4.74 Å². The molecule has 0 amide bonds. The molecule has 0 saturated carbocycles. The molecule has 142 valence electrons. The lowest BCUT2D eigenvalue weighted by Crippen LogP contribution is -2.54. The first-order valence-corrected chi connectivity index (χ1v) is 7.79. The van der Waals surface area contributed by atoms with Crippen LogP contribution in [0.4, 0.5) is 13.2 Å². The number of alkyl halides is 3. The van der Waals surface area contributed by atoms with E-state index in [-0.39, 0.29) is 13.2 Å². The first-order chi connectivity index (χ1) is 11.7. The number of likely N-dealkylation sites (N-methyl/N-ethyl adjacent to an activating group) is 1. The van der Waals surface area contributed by atoms with Crippen molar-refractivity contribution in [3.05, 3.63) is 29.8 Å². The van der Waals surface area contributed by atoms with Crippen LogP contribution in [0, 0.1) is 0 Å². The van der Waals surface area contributed by atoms with Crippen LogP contribution in [0.15, 0.2) is 24.3 Å². The SMILES string of the molecule is CCOC(=O)COC(C)(C(F)F)C(F)N(C)Cc1ccc(OC)cc1. The van der Waals surface area contributed by atoms with Crippen molar-refractivity contribution >= 4 is 5.97 Å². The molecule has 0 aliphatic rings. The van der Waals surface area contributed by atoms with E-state index >= 15 is 0 Å². The Balaban J connectivity index is 2.77. The van der Waals surface area contributed by atoms with Crippen LogP contribution in [0.2, 0.25) is 0 Å². The smallest absolute Gasteiger partial charge is 0.332 e. The number of ether oxygens (including phenoxy) is 3. The van der Waals surface area contributed by atoms with Crippen molar-refractivity contribution in [1.29, 1.82) is 0 Å². The lowest BCUT2D eigenvalue weighted by molar-refractivity contribution is -0.206. The molecule has 0 aliphatic carbocycles. The second-order valence-electron chi connectivity index (χ2n) is 5.68. The van der Waals surface area contributed by atoms with Gasteiger partial charge in [-0.05, 0) is 38.6 Å². The molecule has 0 heterocycles. The number of esters is 1. The topological polar surface area (TPSA) is 48.0 Å². The molecular weight excluding hydrogens is 339 g/mol. The van der Waals surface area contributed by atoms with Gasteiger partial charge in [0.1, 0.15) is 12.4 Å². The molecule has 1 aromatic rings. The molecular formula is C17H24F3NO4. The van der Waals surface area contributed by atoms with E-state index < -0.39 is 30.9 Å². The largest absolute Gasteiger partial charge is 0.497 e. The quantitative estimate of drug-likeness (QED) is 0.472. The Kier molecular flexibility index (Phi) is 8.18. The summed E-state index contributed by atoms with van der Waals surface area (Å²) >= 11 is 0. The molecule has 1 rings (SSSR count). The predicted octanol–water partition coefficient (Wildman–Crippen LogP) is 3.03. The highest BCUT2D eigenvalue weighted by atomic mass is 19.3. The number of halogens is 3. The van der Waals surface area contributed by atoms with Crippen LogP contribution in [0.25, 0.3) is 0 Å². The molecule has 0 N–H and O–H groups in total. The van der Waals surface area contributed by atoms with Gasteiger partial charge < -0.3 is 14.2 Å². The van der Waals surface area contributed by atoms with Crippen LogP contribution in [0.1, 0.15) is 19.4 Å². The summed E-state index contributed by atoms with van der Waals surface area (Å²) in [6.07, 6.45) is -5.26. The monoisotopic (exact) mass is 363 g/mol. The van der Waals surface area contributed by atoms with Crippen molar-refractivity contribution in [2.24, 2.45) is 0 Å². The van der Waals surface area contributed by atoms with E-state index in [0.29, 0.717) is 11.3 Å². The van der Waals surface area contributed by atoms with Crippen molar-refractivity contribution in [2.45, 2.75) is 38.7 Å². The molecule has 8 heteroatoms. The summed E-state index contributed by atoms with van der Waals surface area (Å²) in [7, 11) is 2.89. The second-order valence-corrected chi connectivity index (χ2v) is 5.68. The fourth-order valence-electron chi connectivity index (χ4n) is 2.19. The zero-order chi connectivity index (χ0) is 19.0. The third-order valence-corrected chi connectivity index (χ3v) is 3.69. The molecule has 25 heavy (non-hydrogen) atoms. The number of carbonyl (C=O) groups is 1. The average Bonchev–Trinajstić information content (AvgIpc) is 2.59. The fraction of sp³-hybridized carbons (Fsp3) is 0.588. The van der Waals surface area contributed by atoms with Gasteiger partial charge in [0.05, 0.1) is 13.7 Å². The van der Waals surface area contributed by atoms with Crippen molar-refractivity contribution < 1.29 is 32.2 Å². The standard InChI is InChI=1S/C17H24F3NO4/c1-5-24-14(22)11-25-17(2,15(18)19)16(20)21(3)10-12-6-8-13(23-4)9-7-12/h6-9,15-16H,5,10-11H2,1-4H3. The van der Waals surface area contributed by atoms with Gasteiger partial charge in [-0.25, -0.2) is 18.0 Å². The highest BCUT2D eigenvalue weighted by Gasteiger charge is 2.47. The fourth-order valence-corrected chi connectivity index (χ4v) is 2.19. The lowest BCUT2D eigenvalue weighted by Gasteiger charge is -2.36. The molecule has 0 saturated heterocycles. The number of methoxy groups -OCH3 is 1. The Labute approximate surface area is 145 Å². The summed E-state index contributed by atoms with van der Waals surface area (Å²) in [5.74, 6) is -0.183. The maximum absolute atomic E-state index is 14.7. The average molecular weight is 363 g/mol. The zero-order valence-electron chi connectivity index (χ0n) is 14.8. The van der Waals surface area contributed by atoms with Crippen molar-refractivity contribution in [2.75, 3.05) is 27.4 Å². The van der Waals surface area contributed by atoms with E-state index in [9.17, 15) is 18.0 Å². The molecule has 1 aromatic carbocycles. The van der Waals surface area contributed by atoms with Gasteiger partial charge in [0.25, 0.3) is 6.43 Å². The summed E-state index contributed by atoms with van der Waals surface area (Å²) in [6, 6.07) is 6.81. The summed E-state index contributed by atoms with van der Waals surface area (Å²) in [4.78, 5) is 12.4. The Morgan fingerprint density at radius 1 is 1.24 bits per heavy atom. The van der Waals surface area contributed by atoms with Gasteiger partial charge in [0, 0.05) is 6.54 Å². The summed E-state index contributed by atoms with van der Waals surface area (Å²) in [6.45, 7) is 1.93. The van der Waals surface area contributed by atoms with Gasteiger partial charge in [0.2, 0.25) is 0 Å². The molecule has 2 unspecified atom stereocenters. The molecule has 0 fully saturated rings. The molecule has 5 nitrogen and oxygen atoms in total. The van der Waals surface area contributed by atoms with E-state index in [0.717, 1.165) is 11.8 Å². The molecule has 0 aromatic heterocycles. The van der Waals surface area contributed by atoms with Crippen molar-refractivity contribution in [1.82, 2.24) is 4.90 Å². The van der Waals surface area contributed by atoms with E-state index in [1.165, 1.54) is 14.2 Å². The van der Waals surface area contributed by atoms with Gasteiger partial charge in [-0.15, -0.1) is 0 Å². The molecule has 0 spiro atoms. The summed E-state index contributed by atoms with van der Waals surface area (Å²) in [5.41, 5.74) is -1.75. The Morgan fingerprint density at radius 3 is 2.32 bits per heavy atom. The summed E-state index contributed by atoms with van der Waals surface area (Å²) < 4.78 is 56.1. The minimum absolute atomic E-state index is 0.0796. The number of hydrogen-bond donors (Lipinski definition) is 0. The molecule has 2 atom stereocenters. The van der Waals surface area contributed by atoms with Crippen LogP contribution in [-0.2, 0) is 20.8 Å². The summed E-state index contributed by atoms with van der Waals surface area (Å²) in [5, 5.41) is 0. The number of carbonyl (C=O) groups excluding carboxylic acids is 1. The Hall–Kier alpha value is -1.80. The number of benzene rings is 1. The third-order valence-electron chi connectivity index (χ3n) is 3.69. The Morgan fingerprint density at radius 2 is 1.84 bits per heavy atom. The van der Waals surface area contributed by atoms with E-state index in [1.807, 2.05) is 0 Å². The van der Waals surface area contributed by atoms with Crippen molar-refractivity contribution in [3.8, 4) is 5.75 Å². The first kappa shape index (κ1) is 21.2. The van der Waals surface area contributed by atoms with Gasteiger partial charge in [-0.3, -0.25) is 4.90 Å². The van der Waals surface area contributed by atoms with Gasteiger partial charge in [0.15, 0.2) is 11.9 Å². The first-order valence-electron chi connectivity index (χ1n) is 7.79. The third kappa shape index (κ3) is 5.89. The maximum atomic E-state index is 14.7. The normalized spacial score (nSPS) is 15.1.